The van der Waals surface area contributed by atoms with Crippen LogP contribution in [-0.4, -0.2) is 42.6 Å². The molecule has 1 aromatic rings. The highest BCUT2D eigenvalue weighted by molar-refractivity contribution is 5.46. The van der Waals surface area contributed by atoms with Crippen molar-refractivity contribution in [3.8, 4) is 6.07 Å². The topological polar surface area (TPSA) is 43.2 Å². The third-order valence-electron chi connectivity index (χ3n) is 3.54. The molecule has 1 fully saturated rings. The zero-order chi connectivity index (χ0) is 13.0. The highest BCUT2D eigenvalue weighted by Gasteiger charge is 2.23. The van der Waals surface area contributed by atoms with E-state index in [4.69, 9.17) is 5.26 Å². The number of nitriles is 1. The van der Waals surface area contributed by atoms with E-state index in [1.165, 1.54) is 0 Å². The first kappa shape index (κ1) is 12.8. The van der Waals surface area contributed by atoms with E-state index in [0.717, 1.165) is 38.3 Å². The molecule has 0 N–H and O–H groups in total. The van der Waals surface area contributed by atoms with Gasteiger partial charge in [0.2, 0.25) is 0 Å². The van der Waals surface area contributed by atoms with Crippen LogP contribution in [0.5, 0.6) is 0 Å². The minimum Gasteiger partial charge on any atom is -0.352 e. The van der Waals surface area contributed by atoms with Crippen molar-refractivity contribution in [2.24, 2.45) is 0 Å². The lowest BCUT2D eigenvalue weighted by atomic mass is 10.1. The second-order valence-corrected chi connectivity index (χ2v) is 4.89. The van der Waals surface area contributed by atoms with Gasteiger partial charge < -0.3 is 9.80 Å². The lowest BCUT2D eigenvalue weighted by molar-refractivity contribution is 0.327. The van der Waals surface area contributed by atoms with Gasteiger partial charge in [-0.1, -0.05) is 6.92 Å². The zero-order valence-corrected chi connectivity index (χ0v) is 11.1. The second kappa shape index (κ2) is 5.83. The molecule has 4 heteroatoms. The van der Waals surface area contributed by atoms with Gasteiger partial charge in [-0.3, -0.25) is 0 Å². The molecule has 0 amide bonds. The quantitative estimate of drug-likeness (QED) is 0.796. The van der Waals surface area contributed by atoms with E-state index >= 15 is 0 Å². The van der Waals surface area contributed by atoms with Gasteiger partial charge in [0.25, 0.3) is 0 Å². The molecule has 1 saturated heterocycles. The summed E-state index contributed by atoms with van der Waals surface area (Å²) in [6.07, 6.45) is 3.98. The molecule has 18 heavy (non-hydrogen) atoms. The van der Waals surface area contributed by atoms with Crippen LogP contribution in [0.2, 0.25) is 0 Å². The standard InChI is InChI=1S/C14H20N4/c1-3-13-11-17(2)7-4-8-18(13)14-9-12(10-15)5-6-16-14/h5-6,9,13H,3-4,7-8,11H2,1-2H3. The lowest BCUT2D eigenvalue weighted by Crippen LogP contribution is -2.40. The number of pyridine rings is 1. The first-order valence-corrected chi connectivity index (χ1v) is 6.56. The normalized spacial score (nSPS) is 21.4. The summed E-state index contributed by atoms with van der Waals surface area (Å²) in [6, 6.07) is 6.33. The Labute approximate surface area is 109 Å². The number of aromatic nitrogens is 1. The second-order valence-electron chi connectivity index (χ2n) is 4.89. The van der Waals surface area contributed by atoms with Crippen LogP contribution in [0.25, 0.3) is 0 Å². The number of nitrogens with zero attached hydrogens (tertiary/aromatic N) is 4. The van der Waals surface area contributed by atoms with Crippen LogP contribution in [0.3, 0.4) is 0 Å². The Hall–Kier alpha value is -1.60. The van der Waals surface area contributed by atoms with Crippen molar-refractivity contribution < 1.29 is 0 Å². The van der Waals surface area contributed by atoms with Crippen molar-refractivity contribution in [1.82, 2.24) is 9.88 Å². The predicted octanol–water partition coefficient (Wildman–Crippen LogP) is 1.87. The monoisotopic (exact) mass is 244 g/mol. The lowest BCUT2D eigenvalue weighted by Gasteiger charge is -2.31. The van der Waals surface area contributed by atoms with Crippen LogP contribution in [0, 0.1) is 11.3 Å². The van der Waals surface area contributed by atoms with Gasteiger partial charge in [-0.2, -0.15) is 5.26 Å². The van der Waals surface area contributed by atoms with E-state index in [9.17, 15) is 0 Å². The Kier molecular flexibility index (Phi) is 4.16. The molecule has 0 radical (unpaired) electrons. The van der Waals surface area contributed by atoms with Gasteiger partial charge in [-0.15, -0.1) is 0 Å². The molecule has 0 saturated carbocycles. The number of hydrogen-bond acceptors (Lipinski definition) is 4. The Balaban J connectivity index is 2.25. The molecule has 0 aromatic carbocycles. The molecule has 1 atom stereocenters. The minimum atomic E-state index is 0.485. The third-order valence-corrected chi connectivity index (χ3v) is 3.54. The van der Waals surface area contributed by atoms with E-state index in [-0.39, 0.29) is 0 Å². The average molecular weight is 244 g/mol. The van der Waals surface area contributed by atoms with Crippen LogP contribution >= 0.6 is 0 Å². The first-order chi connectivity index (χ1) is 8.74. The van der Waals surface area contributed by atoms with Crippen molar-refractivity contribution in [2.75, 3.05) is 31.6 Å². The maximum atomic E-state index is 8.98. The van der Waals surface area contributed by atoms with Crippen LogP contribution < -0.4 is 4.90 Å². The number of likely N-dealkylation sites (N-methyl/N-ethyl adjacent to an activating group) is 1. The van der Waals surface area contributed by atoms with Gasteiger partial charge in [0, 0.05) is 25.3 Å². The van der Waals surface area contributed by atoms with Crippen LogP contribution in [0.1, 0.15) is 25.3 Å². The van der Waals surface area contributed by atoms with Gasteiger partial charge in [0.15, 0.2) is 0 Å². The summed E-state index contributed by atoms with van der Waals surface area (Å²) in [5.41, 5.74) is 0.687. The Bertz CT molecular complexity index is 438. The van der Waals surface area contributed by atoms with E-state index in [2.05, 4.69) is 34.8 Å². The summed E-state index contributed by atoms with van der Waals surface area (Å²) in [5, 5.41) is 8.98. The molecule has 0 bridgehead atoms. The molecule has 1 unspecified atom stereocenters. The maximum absolute atomic E-state index is 8.98. The highest BCUT2D eigenvalue weighted by Crippen LogP contribution is 2.20. The summed E-state index contributed by atoms with van der Waals surface area (Å²) in [6.45, 7) is 5.43. The van der Waals surface area contributed by atoms with Crippen molar-refractivity contribution >= 4 is 5.82 Å². The molecule has 96 valence electrons. The summed E-state index contributed by atoms with van der Waals surface area (Å²) >= 11 is 0. The largest absolute Gasteiger partial charge is 0.352 e. The van der Waals surface area contributed by atoms with E-state index < -0.39 is 0 Å². The Morgan fingerprint density at radius 1 is 1.50 bits per heavy atom. The van der Waals surface area contributed by atoms with E-state index in [1.807, 2.05) is 6.07 Å². The predicted molar refractivity (Wildman–Crippen MR) is 72.5 cm³/mol. The molecule has 0 aliphatic carbocycles. The molecule has 2 rings (SSSR count). The third kappa shape index (κ3) is 2.80. The maximum Gasteiger partial charge on any atom is 0.130 e. The molecule has 0 spiro atoms. The molecule has 1 aliphatic heterocycles. The SMILES string of the molecule is CCC1CN(C)CCCN1c1cc(C#N)ccn1. The minimum absolute atomic E-state index is 0.485. The smallest absolute Gasteiger partial charge is 0.130 e. The molecule has 4 nitrogen and oxygen atoms in total. The van der Waals surface area contributed by atoms with Crippen molar-refractivity contribution in [2.45, 2.75) is 25.8 Å². The Morgan fingerprint density at radius 3 is 3.06 bits per heavy atom. The van der Waals surface area contributed by atoms with Crippen molar-refractivity contribution in [3.63, 3.8) is 0 Å². The van der Waals surface area contributed by atoms with Gasteiger partial charge in [0.05, 0.1) is 11.6 Å². The highest BCUT2D eigenvalue weighted by atomic mass is 15.3. The first-order valence-electron chi connectivity index (χ1n) is 6.56. The van der Waals surface area contributed by atoms with Crippen molar-refractivity contribution in [1.29, 1.82) is 5.26 Å². The fourth-order valence-corrected chi connectivity index (χ4v) is 2.54. The molecular formula is C14H20N4. The number of hydrogen-bond donors (Lipinski definition) is 0. The summed E-state index contributed by atoms with van der Waals surface area (Å²) in [7, 11) is 2.17. The van der Waals surface area contributed by atoms with Crippen LogP contribution in [0.15, 0.2) is 18.3 Å². The van der Waals surface area contributed by atoms with E-state index in [1.54, 1.807) is 12.3 Å². The molecule has 1 aliphatic rings. The summed E-state index contributed by atoms with van der Waals surface area (Å²) in [4.78, 5) is 9.16. The van der Waals surface area contributed by atoms with E-state index in [0.29, 0.717) is 11.6 Å². The van der Waals surface area contributed by atoms with Gasteiger partial charge in [-0.05, 0) is 38.6 Å². The van der Waals surface area contributed by atoms with Crippen molar-refractivity contribution in [3.05, 3.63) is 23.9 Å². The zero-order valence-electron chi connectivity index (χ0n) is 11.1. The molecule has 1 aromatic heterocycles. The number of rotatable bonds is 2. The van der Waals surface area contributed by atoms with Crippen LogP contribution in [0.4, 0.5) is 5.82 Å². The fraction of sp³-hybridized carbons (Fsp3) is 0.571. The van der Waals surface area contributed by atoms with Gasteiger partial charge >= 0.3 is 0 Å². The van der Waals surface area contributed by atoms with Gasteiger partial charge in [-0.25, -0.2) is 4.98 Å². The number of anilines is 1. The molecular weight excluding hydrogens is 224 g/mol. The Morgan fingerprint density at radius 2 is 2.33 bits per heavy atom. The molecule has 2 heterocycles. The summed E-state index contributed by atoms with van der Waals surface area (Å²) < 4.78 is 0. The fourth-order valence-electron chi connectivity index (χ4n) is 2.54. The van der Waals surface area contributed by atoms with Gasteiger partial charge in [0.1, 0.15) is 5.82 Å². The summed E-state index contributed by atoms with van der Waals surface area (Å²) in [5.74, 6) is 0.941. The van der Waals surface area contributed by atoms with Crippen LogP contribution in [-0.2, 0) is 0 Å². The average Bonchev–Trinajstić information content (AvgIpc) is 2.60.